The van der Waals surface area contributed by atoms with Crippen LogP contribution < -0.4 is 27.7 Å². The quantitative estimate of drug-likeness (QED) is 0.342. The number of aromatic nitrogens is 3. The normalized spacial score (nSPS) is 11.7. The minimum Gasteiger partial charge on any atom is -0.368 e. The van der Waals surface area contributed by atoms with Crippen molar-refractivity contribution < 1.29 is 9.59 Å². The third-order valence-electron chi connectivity index (χ3n) is 4.61. The Kier molecular flexibility index (Phi) is 6.83. The first kappa shape index (κ1) is 22.5. The van der Waals surface area contributed by atoms with Gasteiger partial charge < -0.3 is 22.1 Å². The number of H-pyrrole nitrogens is 1. The number of nitrogens with two attached hydrogens (primary N) is 2. The summed E-state index contributed by atoms with van der Waals surface area (Å²) in [5, 5.41) is 5.81. The smallest absolute Gasteiger partial charge is 0.267 e. The van der Waals surface area contributed by atoms with Crippen LogP contribution in [0.5, 0.6) is 0 Å². The number of carbonyl (C=O) groups excluding carboxylic acids is 2. The van der Waals surface area contributed by atoms with Crippen LogP contribution in [0.25, 0.3) is 11.3 Å². The van der Waals surface area contributed by atoms with Crippen molar-refractivity contribution in [1.29, 1.82) is 0 Å². The number of nitrogens with one attached hydrogen (secondary N) is 3. The Morgan fingerprint density at radius 3 is 2.53 bits per heavy atom. The topological polar surface area (TPSA) is 169 Å². The highest BCUT2D eigenvalue weighted by atomic mass is 16.2. The number of pyridine rings is 1. The first-order valence-electron chi connectivity index (χ1n) is 10.0. The van der Waals surface area contributed by atoms with E-state index in [-0.39, 0.29) is 23.2 Å². The zero-order valence-electron chi connectivity index (χ0n) is 17.8. The standard InChI is InChI=1S/C22H25N7O3/c1-12(2)10-16(18(23)30)27-22-28-20(17(19(24)31)21(32)29-22)26-14-7-5-6-13(11-14)15-8-3-4-9-25-15/h3-9,11-12,16H,10H2,1-2H3,(H2,23,30)(H2,24,31)(H3,26,27,28,29,32). The van der Waals surface area contributed by atoms with Crippen molar-refractivity contribution in [3.8, 4) is 11.3 Å². The van der Waals surface area contributed by atoms with Crippen molar-refractivity contribution >= 4 is 29.3 Å². The average Bonchev–Trinajstić information content (AvgIpc) is 2.73. The van der Waals surface area contributed by atoms with Gasteiger partial charge in [0.25, 0.3) is 11.5 Å². The van der Waals surface area contributed by atoms with Crippen molar-refractivity contribution in [2.45, 2.75) is 26.3 Å². The Hall–Kier alpha value is -4.21. The molecule has 1 atom stereocenters. The number of rotatable bonds is 9. The lowest BCUT2D eigenvalue weighted by atomic mass is 10.0. The SMILES string of the molecule is CC(C)CC(Nc1nc(Nc2cccc(-c3ccccn3)c2)c(C(N)=O)c(=O)[nH]1)C(N)=O. The van der Waals surface area contributed by atoms with Gasteiger partial charge >= 0.3 is 0 Å². The van der Waals surface area contributed by atoms with Crippen molar-refractivity contribution in [2.75, 3.05) is 10.6 Å². The van der Waals surface area contributed by atoms with E-state index in [2.05, 4.69) is 25.6 Å². The van der Waals surface area contributed by atoms with Gasteiger partial charge in [0.15, 0.2) is 5.82 Å². The molecule has 0 fully saturated rings. The van der Waals surface area contributed by atoms with Gasteiger partial charge in [0, 0.05) is 17.4 Å². The molecule has 2 aromatic heterocycles. The van der Waals surface area contributed by atoms with E-state index in [0.29, 0.717) is 12.1 Å². The predicted octanol–water partition coefficient (Wildman–Crippen LogP) is 1.99. The molecule has 1 unspecified atom stereocenters. The molecule has 10 nitrogen and oxygen atoms in total. The lowest BCUT2D eigenvalue weighted by molar-refractivity contribution is -0.119. The van der Waals surface area contributed by atoms with Crippen molar-refractivity contribution in [1.82, 2.24) is 15.0 Å². The van der Waals surface area contributed by atoms with Crippen LogP contribution in [0, 0.1) is 5.92 Å². The minimum absolute atomic E-state index is 0.00664. The molecule has 0 aliphatic rings. The molecule has 32 heavy (non-hydrogen) atoms. The lowest BCUT2D eigenvalue weighted by Gasteiger charge is -2.18. The number of primary amides is 2. The molecule has 7 N–H and O–H groups in total. The van der Waals surface area contributed by atoms with E-state index in [1.165, 1.54) is 0 Å². The average molecular weight is 435 g/mol. The van der Waals surface area contributed by atoms with Gasteiger partial charge in [-0.1, -0.05) is 32.0 Å². The van der Waals surface area contributed by atoms with E-state index in [1.54, 1.807) is 24.4 Å². The second-order valence-electron chi connectivity index (χ2n) is 7.65. The largest absolute Gasteiger partial charge is 0.368 e. The van der Waals surface area contributed by atoms with Crippen LogP contribution in [0.2, 0.25) is 0 Å². The molecule has 0 spiro atoms. The van der Waals surface area contributed by atoms with Crippen molar-refractivity contribution in [2.24, 2.45) is 17.4 Å². The number of anilines is 3. The molecule has 2 heterocycles. The molecule has 1 aromatic carbocycles. The van der Waals surface area contributed by atoms with E-state index >= 15 is 0 Å². The summed E-state index contributed by atoms with van der Waals surface area (Å²) in [5.41, 5.74) is 11.9. The molecule has 0 radical (unpaired) electrons. The Balaban J connectivity index is 1.97. The molecule has 0 bridgehead atoms. The van der Waals surface area contributed by atoms with Gasteiger partial charge in [-0.2, -0.15) is 4.98 Å². The van der Waals surface area contributed by atoms with Crippen molar-refractivity contribution in [3.63, 3.8) is 0 Å². The van der Waals surface area contributed by atoms with Crippen LogP contribution in [0.1, 0.15) is 30.6 Å². The molecule has 0 saturated heterocycles. The van der Waals surface area contributed by atoms with Gasteiger partial charge in [-0.3, -0.25) is 24.4 Å². The summed E-state index contributed by atoms with van der Waals surface area (Å²) in [5.74, 6) is -1.41. The monoisotopic (exact) mass is 435 g/mol. The van der Waals surface area contributed by atoms with Gasteiger partial charge in [0.05, 0.1) is 5.69 Å². The third-order valence-corrected chi connectivity index (χ3v) is 4.61. The molecule has 0 aliphatic heterocycles. The summed E-state index contributed by atoms with van der Waals surface area (Å²) >= 11 is 0. The molecule has 166 valence electrons. The highest BCUT2D eigenvalue weighted by molar-refractivity contribution is 5.98. The van der Waals surface area contributed by atoms with Gasteiger partial charge in [-0.05, 0) is 36.6 Å². The first-order valence-corrected chi connectivity index (χ1v) is 10.0. The molecule has 0 saturated carbocycles. The Labute approximate surface area is 184 Å². The Morgan fingerprint density at radius 1 is 1.12 bits per heavy atom. The van der Waals surface area contributed by atoms with Crippen LogP contribution in [0.4, 0.5) is 17.5 Å². The fraction of sp³-hybridized carbons (Fsp3) is 0.227. The number of aromatic amines is 1. The molecular formula is C22H25N7O3. The van der Waals surface area contributed by atoms with Gasteiger partial charge in [-0.15, -0.1) is 0 Å². The number of benzene rings is 1. The number of hydrogen-bond acceptors (Lipinski definition) is 7. The number of hydrogen-bond donors (Lipinski definition) is 5. The van der Waals surface area contributed by atoms with E-state index in [1.807, 2.05) is 38.1 Å². The molecule has 10 heteroatoms. The molecule has 3 aromatic rings. The van der Waals surface area contributed by atoms with Gasteiger partial charge in [0.2, 0.25) is 11.9 Å². The predicted molar refractivity (Wildman–Crippen MR) is 122 cm³/mol. The molecule has 3 rings (SSSR count). The number of nitrogens with zero attached hydrogens (tertiary/aromatic N) is 2. The van der Waals surface area contributed by atoms with Crippen LogP contribution in [0.3, 0.4) is 0 Å². The molecule has 2 amide bonds. The van der Waals surface area contributed by atoms with Crippen molar-refractivity contribution in [3.05, 3.63) is 64.6 Å². The first-order chi connectivity index (χ1) is 15.2. The number of amides is 2. The maximum atomic E-state index is 12.6. The zero-order chi connectivity index (χ0) is 23.3. The summed E-state index contributed by atoms with van der Waals surface area (Å²) in [6.07, 6.45) is 2.12. The Morgan fingerprint density at radius 2 is 1.91 bits per heavy atom. The van der Waals surface area contributed by atoms with Gasteiger partial charge in [-0.25, -0.2) is 0 Å². The highest BCUT2D eigenvalue weighted by Gasteiger charge is 2.21. The summed E-state index contributed by atoms with van der Waals surface area (Å²) in [7, 11) is 0. The third kappa shape index (κ3) is 5.48. The molecular weight excluding hydrogens is 410 g/mol. The summed E-state index contributed by atoms with van der Waals surface area (Å²) < 4.78 is 0. The fourth-order valence-electron chi connectivity index (χ4n) is 3.17. The zero-order valence-corrected chi connectivity index (χ0v) is 17.8. The summed E-state index contributed by atoms with van der Waals surface area (Å²) in [6.45, 7) is 3.87. The van der Waals surface area contributed by atoms with Gasteiger partial charge in [0.1, 0.15) is 11.6 Å². The fourth-order valence-corrected chi connectivity index (χ4v) is 3.17. The van der Waals surface area contributed by atoms with Crippen LogP contribution in [-0.2, 0) is 4.79 Å². The maximum absolute atomic E-state index is 12.6. The van der Waals surface area contributed by atoms with E-state index in [4.69, 9.17) is 11.5 Å². The summed E-state index contributed by atoms with van der Waals surface area (Å²) in [6, 6.07) is 12.0. The molecule has 0 aliphatic carbocycles. The lowest BCUT2D eigenvalue weighted by Crippen LogP contribution is -2.38. The highest BCUT2D eigenvalue weighted by Crippen LogP contribution is 2.24. The number of carbonyl (C=O) groups is 2. The van der Waals surface area contributed by atoms with Crippen LogP contribution >= 0.6 is 0 Å². The van der Waals surface area contributed by atoms with E-state index in [9.17, 15) is 14.4 Å². The minimum atomic E-state index is -0.942. The van der Waals surface area contributed by atoms with Crippen LogP contribution in [0.15, 0.2) is 53.5 Å². The second-order valence-corrected chi connectivity index (χ2v) is 7.65. The summed E-state index contributed by atoms with van der Waals surface area (Å²) in [4.78, 5) is 47.3. The van der Waals surface area contributed by atoms with E-state index in [0.717, 1.165) is 11.3 Å². The Bertz CT molecular complexity index is 1180. The van der Waals surface area contributed by atoms with E-state index < -0.39 is 23.4 Å². The maximum Gasteiger partial charge on any atom is 0.267 e. The van der Waals surface area contributed by atoms with Crippen LogP contribution in [-0.4, -0.2) is 32.8 Å². The second kappa shape index (κ2) is 9.73.